The molecule has 6 heteroatoms. The van der Waals surface area contributed by atoms with Crippen LogP contribution >= 0.6 is 0 Å². The highest BCUT2D eigenvalue weighted by Gasteiger charge is 2.10. The van der Waals surface area contributed by atoms with Crippen molar-refractivity contribution in [3.8, 4) is 0 Å². The standard InChI is InChI=1S/C12H20N4O2/c1-9-14-7-8-16(9)10(2)15-12(18)6-4-3-5-11(13)17/h7-8,10H,3-6H2,1-2H3,(H2,13,17)(H,15,18). The maximum atomic E-state index is 11.6. The number of rotatable bonds is 7. The molecule has 100 valence electrons. The Labute approximate surface area is 107 Å². The van der Waals surface area contributed by atoms with E-state index < -0.39 is 0 Å². The normalized spacial score (nSPS) is 12.1. The van der Waals surface area contributed by atoms with E-state index in [0.717, 1.165) is 5.82 Å². The second-order valence-electron chi connectivity index (χ2n) is 4.30. The Morgan fingerprint density at radius 3 is 2.67 bits per heavy atom. The first kappa shape index (κ1) is 14.2. The Hall–Kier alpha value is -1.85. The van der Waals surface area contributed by atoms with Crippen LogP contribution in [0.1, 0.15) is 44.6 Å². The van der Waals surface area contributed by atoms with E-state index in [0.29, 0.717) is 25.7 Å². The molecule has 0 radical (unpaired) electrons. The van der Waals surface area contributed by atoms with Crippen molar-refractivity contribution < 1.29 is 9.59 Å². The van der Waals surface area contributed by atoms with Gasteiger partial charge in [0.25, 0.3) is 0 Å². The zero-order valence-electron chi connectivity index (χ0n) is 10.8. The van der Waals surface area contributed by atoms with Gasteiger partial charge in [0.05, 0.1) is 0 Å². The fourth-order valence-corrected chi connectivity index (χ4v) is 1.76. The number of nitrogens with two attached hydrogens (primary N) is 1. The van der Waals surface area contributed by atoms with Crippen molar-refractivity contribution >= 4 is 11.8 Å². The molecule has 0 aromatic carbocycles. The predicted octanol–water partition coefficient (Wildman–Crippen LogP) is 0.872. The number of aromatic nitrogens is 2. The molecule has 0 aliphatic rings. The Balaban J connectivity index is 2.28. The van der Waals surface area contributed by atoms with Gasteiger partial charge in [-0.05, 0) is 26.7 Å². The van der Waals surface area contributed by atoms with E-state index in [4.69, 9.17) is 5.73 Å². The predicted molar refractivity (Wildman–Crippen MR) is 67.5 cm³/mol. The molecule has 3 N–H and O–H groups in total. The Bertz CT molecular complexity index is 414. The molecule has 0 aliphatic carbocycles. The molecule has 0 aliphatic heterocycles. The van der Waals surface area contributed by atoms with Crippen LogP contribution in [0, 0.1) is 6.92 Å². The lowest BCUT2D eigenvalue weighted by atomic mass is 10.2. The highest BCUT2D eigenvalue weighted by Crippen LogP contribution is 2.06. The summed E-state index contributed by atoms with van der Waals surface area (Å²) in [6.07, 6.45) is 5.48. The van der Waals surface area contributed by atoms with E-state index in [1.54, 1.807) is 6.20 Å². The molecule has 1 heterocycles. The first-order chi connectivity index (χ1) is 8.50. The highest BCUT2D eigenvalue weighted by atomic mass is 16.2. The lowest BCUT2D eigenvalue weighted by Crippen LogP contribution is -2.30. The van der Waals surface area contributed by atoms with E-state index in [9.17, 15) is 9.59 Å². The van der Waals surface area contributed by atoms with Crippen LogP contribution in [0.15, 0.2) is 12.4 Å². The van der Waals surface area contributed by atoms with Crippen LogP contribution in [0.3, 0.4) is 0 Å². The maximum Gasteiger partial charge on any atom is 0.221 e. The number of nitrogens with one attached hydrogen (secondary N) is 1. The third kappa shape index (κ3) is 4.57. The second kappa shape index (κ2) is 6.78. The number of hydrogen-bond acceptors (Lipinski definition) is 3. The molecule has 0 saturated carbocycles. The van der Waals surface area contributed by atoms with E-state index in [-0.39, 0.29) is 18.0 Å². The Morgan fingerprint density at radius 2 is 2.11 bits per heavy atom. The smallest absolute Gasteiger partial charge is 0.221 e. The van der Waals surface area contributed by atoms with Crippen LogP contribution < -0.4 is 11.1 Å². The summed E-state index contributed by atoms with van der Waals surface area (Å²) in [6, 6.07) is 0. The van der Waals surface area contributed by atoms with E-state index in [1.165, 1.54) is 0 Å². The van der Waals surface area contributed by atoms with Crippen molar-refractivity contribution in [2.24, 2.45) is 5.73 Å². The van der Waals surface area contributed by atoms with Crippen molar-refractivity contribution in [2.45, 2.75) is 45.7 Å². The third-order valence-corrected chi connectivity index (χ3v) is 2.73. The zero-order valence-corrected chi connectivity index (χ0v) is 10.8. The van der Waals surface area contributed by atoms with E-state index in [2.05, 4.69) is 10.3 Å². The van der Waals surface area contributed by atoms with Crippen molar-refractivity contribution in [1.82, 2.24) is 14.9 Å². The van der Waals surface area contributed by atoms with E-state index >= 15 is 0 Å². The number of hydrogen-bond donors (Lipinski definition) is 2. The molecule has 1 aromatic rings. The molecule has 6 nitrogen and oxygen atoms in total. The quantitative estimate of drug-likeness (QED) is 0.705. The van der Waals surface area contributed by atoms with Crippen molar-refractivity contribution in [1.29, 1.82) is 0 Å². The first-order valence-corrected chi connectivity index (χ1v) is 6.08. The van der Waals surface area contributed by atoms with Gasteiger partial charge in [-0.1, -0.05) is 0 Å². The number of amides is 2. The molecule has 2 amide bonds. The molecule has 0 fully saturated rings. The zero-order chi connectivity index (χ0) is 13.5. The maximum absolute atomic E-state index is 11.6. The molecule has 18 heavy (non-hydrogen) atoms. The van der Waals surface area contributed by atoms with Crippen LogP contribution in [-0.2, 0) is 9.59 Å². The topological polar surface area (TPSA) is 90.0 Å². The number of unbranched alkanes of at least 4 members (excludes halogenated alkanes) is 1. The summed E-state index contributed by atoms with van der Waals surface area (Å²) < 4.78 is 1.89. The van der Waals surface area contributed by atoms with Crippen molar-refractivity contribution in [3.05, 3.63) is 18.2 Å². The second-order valence-corrected chi connectivity index (χ2v) is 4.30. The Kier molecular flexibility index (Phi) is 5.35. The van der Waals surface area contributed by atoms with E-state index in [1.807, 2.05) is 24.6 Å². The molecule has 0 bridgehead atoms. The summed E-state index contributed by atoms with van der Waals surface area (Å²) >= 11 is 0. The number of aryl methyl sites for hydroxylation is 1. The van der Waals surface area contributed by atoms with Crippen LogP contribution in [-0.4, -0.2) is 21.4 Å². The summed E-state index contributed by atoms with van der Waals surface area (Å²) in [6.45, 7) is 3.78. The minimum Gasteiger partial charge on any atom is -0.370 e. The molecule has 1 aromatic heterocycles. The number of nitrogens with zero attached hydrogens (tertiary/aromatic N) is 2. The van der Waals surface area contributed by atoms with Gasteiger partial charge in [-0.2, -0.15) is 0 Å². The molecule has 0 spiro atoms. The first-order valence-electron chi connectivity index (χ1n) is 6.08. The summed E-state index contributed by atoms with van der Waals surface area (Å²) in [7, 11) is 0. The highest BCUT2D eigenvalue weighted by molar-refractivity contribution is 5.76. The van der Waals surface area contributed by atoms with Gasteiger partial charge in [-0.25, -0.2) is 4.98 Å². The number of imidazole rings is 1. The molecular weight excluding hydrogens is 232 g/mol. The van der Waals surface area contributed by atoms with Crippen LogP contribution in [0.25, 0.3) is 0 Å². The summed E-state index contributed by atoms with van der Waals surface area (Å²) in [5.74, 6) is 0.509. The summed E-state index contributed by atoms with van der Waals surface area (Å²) in [5, 5.41) is 2.88. The van der Waals surface area contributed by atoms with Gasteiger partial charge < -0.3 is 15.6 Å². The molecular formula is C12H20N4O2. The summed E-state index contributed by atoms with van der Waals surface area (Å²) in [4.78, 5) is 26.3. The largest absolute Gasteiger partial charge is 0.370 e. The van der Waals surface area contributed by atoms with Gasteiger partial charge in [-0.15, -0.1) is 0 Å². The third-order valence-electron chi connectivity index (χ3n) is 2.73. The van der Waals surface area contributed by atoms with Gasteiger partial charge in [0.1, 0.15) is 12.0 Å². The monoisotopic (exact) mass is 252 g/mol. The van der Waals surface area contributed by atoms with Crippen molar-refractivity contribution in [3.63, 3.8) is 0 Å². The fourth-order valence-electron chi connectivity index (χ4n) is 1.76. The summed E-state index contributed by atoms with van der Waals surface area (Å²) in [5.41, 5.74) is 5.02. The number of carbonyl (C=O) groups is 2. The van der Waals surface area contributed by atoms with Gasteiger partial charge in [0, 0.05) is 25.2 Å². The fraction of sp³-hybridized carbons (Fsp3) is 0.583. The minimum absolute atomic E-state index is 0.0277. The van der Waals surface area contributed by atoms with Crippen molar-refractivity contribution in [2.75, 3.05) is 0 Å². The van der Waals surface area contributed by atoms with Crippen LogP contribution in [0.2, 0.25) is 0 Å². The van der Waals surface area contributed by atoms with Gasteiger partial charge in [0.2, 0.25) is 11.8 Å². The molecule has 0 saturated heterocycles. The molecule has 1 unspecified atom stereocenters. The Morgan fingerprint density at radius 1 is 1.44 bits per heavy atom. The average Bonchev–Trinajstić information content (AvgIpc) is 2.70. The van der Waals surface area contributed by atoms with Gasteiger partial charge >= 0.3 is 0 Å². The molecule has 1 rings (SSSR count). The number of primary amides is 1. The van der Waals surface area contributed by atoms with Gasteiger partial charge in [-0.3, -0.25) is 9.59 Å². The molecule has 1 atom stereocenters. The lowest BCUT2D eigenvalue weighted by Gasteiger charge is -2.16. The van der Waals surface area contributed by atoms with Gasteiger partial charge in [0.15, 0.2) is 0 Å². The van der Waals surface area contributed by atoms with Crippen LogP contribution in [0.5, 0.6) is 0 Å². The minimum atomic E-state index is -0.321. The van der Waals surface area contributed by atoms with Crippen LogP contribution in [0.4, 0.5) is 0 Å². The lowest BCUT2D eigenvalue weighted by molar-refractivity contribution is -0.123. The average molecular weight is 252 g/mol. The number of carbonyl (C=O) groups excluding carboxylic acids is 2. The SMILES string of the molecule is Cc1nccn1C(C)NC(=O)CCCCC(N)=O.